The molecule has 0 saturated carbocycles. The highest BCUT2D eigenvalue weighted by Gasteiger charge is 2.23. The Bertz CT molecular complexity index is 1110. The molecule has 29 heavy (non-hydrogen) atoms. The summed E-state index contributed by atoms with van der Waals surface area (Å²) in [5, 5.41) is 6.15. The van der Waals surface area contributed by atoms with Crippen molar-refractivity contribution in [3.05, 3.63) is 94.5 Å². The fraction of sp³-hybridized carbons (Fsp3) is 0.0455. The van der Waals surface area contributed by atoms with Crippen molar-refractivity contribution in [2.75, 3.05) is 5.32 Å². The number of amides is 2. The average molecular weight is 406 g/mol. The Morgan fingerprint density at radius 3 is 2.86 bits per heavy atom. The Hall–Kier alpha value is -3.64. The van der Waals surface area contributed by atoms with E-state index in [9.17, 15) is 9.59 Å². The minimum absolute atomic E-state index is 0.147. The largest absolute Gasteiger partial charge is 0.449 e. The molecule has 1 aliphatic heterocycles. The van der Waals surface area contributed by atoms with Gasteiger partial charge in [-0.3, -0.25) is 14.6 Å². The smallest absolute Gasteiger partial charge is 0.291 e. The maximum Gasteiger partial charge on any atom is 0.291 e. The summed E-state index contributed by atoms with van der Waals surface area (Å²) in [6.07, 6.45) is 4.97. The van der Waals surface area contributed by atoms with Crippen LogP contribution in [0.3, 0.4) is 0 Å². The van der Waals surface area contributed by atoms with Crippen LogP contribution in [0.2, 0.25) is 5.02 Å². The molecule has 144 valence electrons. The van der Waals surface area contributed by atoms with Crippen LogP contribution in [0.4, 0.5) is 5.69 Å². The van der Waals surface area contributed by atoms with Crippen molar-refractivity contribution < 1.29 is 14.3 Å². The number of carbonyl (C=O) groups excluding carboxylic acids is 2. The summed E-state index contributed by atoms with van der Waals surface area (Å²) in [6, 6.07) is 15.7. The summed E-state index contributed by atoms with van der Waals surface area (Å²) in [5.41, 5.74) is 2.50. The number of anilines is 1. The average Bonchev–Trinajstić information content (AvgIpc) is 2.73. The number of pyridine rings is 1. The molecule has 0 saturated heterocycles. The first kappa shape index (κ1) is 18.7. The van der Waals surface area contributed by atoms with E-state index in [1.165, 1.54) is 0 Å². The third kappa shape index (κ3) is 4.44. The van der Waals surface area contributed by atoms with Gasteiger partial charge in [-0.25, -0.2) is 0 Å². The molecule has 6 nitrogen and oxygen atoms in total. The lowest BCUT2D eigenvalue weighted by molar-refractivity contribution is -0.115. The molecule has 0 atom stereocenters. The number of aromatic nitrogens is 1. The summed E-state index contributed by atoms with van der Waals surface area (Å²) >= 11 is 5.98. The molecular weight excluding hydrogens is 390 g/mol. The summed E-state index contributed by atoms with van der Waals surface area (Å²) in [4.78, 5) is 28.8. The van der Waals surface area contributed by atoms with Gasteiger partial charge in [0, 0.05) is 29.5 Å². The van der Waals surface area contributed by atoms with Gasteiger partial charge in [0.1, 0.15) is 0 Å². The molecule has 3 aromatic rings. The predicted octanol–water partition coefficient (Wildman–Crippen LogP) is 4.04. The van der Waals surface area contributed by atoms with Crippen LogP contribution in [0.15, 0.2) is 72.8 Å². The molecule has 0 fully saturated rings. The minimum Gasteiger partial charge on any atom is -0.449 e. The van der Waals surface area contributed by atoms with Crippen LogP contribution >= 0.6 is 11.6 Å². The molecule has 0 spiro atoms. The van der Waals surface area contributed by atoms with Gasteiger partial charge < -0.3 is 15.4 Å². The standard InChI is InChI=1S/C22H16ClN3O3/c23-17-5-1-3-14(9-17)10-20-22(28)26-18-11-16(6-7-19(18)29-20)21(27)25-13-15-4-2-8-24-12-15/h1-12H,13H2,(H,25,27)(H,26,28)/b20-10+. The van der Waals surface area contributed by atoms with Gasteiger partial charge in [-0.15, -0.1) is 0 Å². The molecule has 2 heterocycles. The normalized spacial score (nSPS) is 14.0. The SMILES string of the molecule is O=C1Nc2cc(C(=O)NCc3cccnc3)ccc2O/C1=C/c1cccc(Cl)c1. The Balaban J connectivity index is 1.49. The summed E-state index contributed by atoms with van der Waals surface area (Å²) in [5.74, 6) is -0.0493. The second-order valence-electron chi connectivity index (χ2n) is 6.37. The van der Waals surface area contributed by atoms with Crippen molar-refractivity contribution in [1.82, 2.24) is 10.3 Å². The number of carbonyl (C=O) groups is 2. The fourth-order valence-corrected chi connectivity index (χ4v) is 3.04. The van der Waals surface area contributed by atoms with E-state index < -0.39 is 5.91 Å². The molecule has 0 aliphatic carbocycles. The molecule has 0 bridgehead atoms. The first-order valence-corrected chi connectivity index (χ1v) is 9.24. The Morgan fingerprint density at radius 1 is 1.17 bits per heavy atom. The number of nitrogens with zero attached hydrogens (tertiary/aromatic N) is 1. The van der Waals surface area contributed by atoms with E-state index in [0.717, 1.165) is 11.1 Å². The van der Waals surface area contributed by atoms with E-state index in [2.05, 4.69) is 15.6 Å². The molecule has 0 unspecified atom stereocenters. The van der Waals surface area contributed by atoms with Crippen LogP contribution in [0.1, 0.15) is 21.5 Å². The summed E-state index contributed by atoms with van der Waals surface area (Å²) in [7, 11) is 0. The van der Waals surface area contributed by atoms with Crippen molar-refractivity contribution in [3.63, 3.8) is 0 Å². The van der Waals surface area contributed by atoms with Crippen molar-refractivity contribution in [2.24, 2.45) is 0 Å². The molecule has 0 radical (unpaired) electrons. The van der Waals surface area contributed by atoms with E-state index in [1.807, 2.05) is 18.2 Å². The number of rotatable bonds is 4. The van der Waals surface area contributed by atoms with Gasteiger partial charge in [-0.05, 0) is 53.6 Å². The second-order valence-corrected chi connectivity index (χ2v) is 6.81. The number of hydrogen-bond donors (Lipinski definition) is 2. The minimum atomic E-state index is -0.398. The lowest BCUT2D eigenvalue weighted by Crippen LogP contribution is -2.25. The first-order chi connectivity index (χ1) is 14.1. The number of halogens is 1. The van der Waals surface area contributed by atoms with Gasteiger partial charge in [-0.2, -0.15) is 0 Å². The Labute approximate surface area is 172 Å². The summed E-state index contributed by atoms with van der Waals surface area (Å²) < 4.78 is 5.72. The Kier molecular flexibility index (Phi) is 5.27. The van der Waals surface area contributed by atoms with E-state index >= 15 is 0 Å². The maximum absolute atomic E-state index is 12.4. The van der Waals surface area contributed by atoms with Crippen LogP contribution in [0.25, 0.3) is 6.08 Å². The van der Waals surface area contributed by atoms with Crippen LogP contribution in [0, 0.1) is 0 Å². The third-order valence-electron chi connectivity index (χ3n) is 4.26. The van der Waals surface area contributed by atoms with E-state index in [-0.39, 0.29) is 11.7 Å². The van der Waals surface area contributed by atoms with E-state index in [1.54, 1.807) is 54.9 Å². The lowest BCUT2D eigenvalue weighted by atomic mass is 10.1. The zero-order valence-corrected chi connectivity index (χ0v) is 15.9. The molecule has 4 rings (SSSR count). The van der Waals surface area contributed by atoms with Crippen LogP contribution in [-0.4, -0.2) is 16.8 Å². The van der Waals surface area contributed by atoms with Crippen LogP contribution in [0.5, 0.6) is 5.75 Å². The van der Waals surface area contributed by atoms with Gasteiger partial charge >= 0.3 is 0 Å². The summed E-state index contributed by atoms with van der Waals surface area (Å²) in [6.45, 7) is 0.360. The topological polar surface area (TPSA) is 80.3 Å². The lowest BCUT2D eigenvalue weighted by Gasteiger charge is -2.20. The van der Waals surface area contributed by atoms with E-state index in [0.29, 0.717) is 28.6 Å². The molecule has 1 aliphatic rings. The number of hydrogen-bond acceptors (Lipinski definition) is 4. The van der Waals surface area contributed by atoms with E-state index in [4.69, 9.17) is 16.3 Å². The highest BCUT2D eigenvalue weighted by Crippen LogP contribution is 2.32. The fourth-order valence-electron chi connectivity index (χ4n) is 2.84. The van der Waals surface area contributed by atoms with Gasteiger partial charge in [-0.1, -0.05) is 29.8 Å². The molecule has 1 aromatic heterocycles. The predicted molar refractivity (Wildman–Crippen MR) is 111 cm³/mol. The zero-order valence-electron chi connectivity index (χ0n) is 15.2. The second kappa shape index (κ2) is 8.16. The number of ether oxygens (including phenoxy) is 1. The molecule has 2 N–H and O–H groups in total. The molecule has 7 heteroatoms. The van der Waals surface area contributed by atoms with Crippen LogP contribution in [-0.2, 0) is 11.3 Å². The molecule has 2 aromatic carbocycles. The highest BCUT2D eigenvalue weighted by molar-refractivity contribution is 6.30. The van der Waals surface area contributed by atoms with Gasteiger partial charge in [0.15, 0.2) is 11.5 Å². The van der Waals surface area contributed by atoms with Gasteiger partial charge in [0.25, 0.3) is 11.8 Å². The van der Waals surface area contributed by atoms with Crippen LogP contribution < -0.4 is 15.4 Å². The van der Waals surface area contributed by atoms with Gasteiger partial charge in [0.2, 0.25) is 0 Å². The maximum atomic E-state index is 12.4. The monoisotopic (exact) mass is 405 g/mol. The number of fused-ring (bicyclic) bond motifs is 1. The van der Waals surface area contributed by atoms with Crippen molar-refractivity contribution >= 4 is 35.2 Å². The molecule has 2 amide bonds. The highest BCUT2D eigenvalue weighted by atomic mass is 35.5. The molecular formula is C22H16ClN3O3. The van der Waals surface area contributed by atoms with Crippen molar-refractivity contribution in [1.29, 1.82) is 0 Å². The van der Waals surface area contributed by atoms with Crippen molar-refractivity contribution in [2.45, 2.75) is 6.54 Å². The van der Waals surface area contributed by atoms with Crippen molar-refractivity contribution in [3.8, 4) is 5.75 Å². The zero-order chi connectivity index (χ0) is 20.2. The quantitative estimate of drug-likeness (QED) is 0.642. The number of nitrogens with one attached hydrogen (secondary N) is 2. The third-order valence-corrected chi connectivity index (χ3v) is 4.49. The Morgan fingerprint density at radius 2 is 2.07 bits per heavy atom. The first-order valence-electron chi connectivity index (χ1n) is 8.86. The van der Waals surface area contributed by atoms with Gasteiger partial charge in [0.05, 0.1) is 5.69 Å². The number of benzene rings is 2.